The number of aryl methyl sites for hydroxylation is 1. The topological polar surface area (TPSA) is 41.6 Å². The van der Waals surface area contributed by atoms with Crippen LogP contribution in [0.15, 0.2) is 24.3 Å². The molecule has 5 heteroatoms. The minimum atomic E-state index is 0. The fourth-order valence-electron chi connectivity index (χ4n) is 3.10. The van der Waals surface area contributed by atoms with Gasteiger partial charge in [-0.2, -0.15) is 0 Å². The number of hydrogen-bond donors (Lipinski definition) is 1. The molecule has 130 valence electrons. The number of hydrogen-bond acceptors (Lipinski definition) is 3. The number of carbonyl (C=O) groups is 1. The number of amides is 1. The normalized spacial score (nSPS) is 18.2. The first-order valence-corrected chi connectivity index (χ1v) is 8.28. The Balaban J connectivity index is 0.00000264. The van der Waals surface area contributed by atoms with Crippen LogP contribution in [-0.4, -0.2) is 44.2 Å². The van der Waals surface area contributed by atoms with Gasteiger partial charge in [0.2, 0.25) is 5.91 Å². The highest BCUT2D eigenvalue weighted by Crippen LogP contribution is 2.30. The zero-order chi connectivity index (χ0) is 15.8. The van der Waals surface area contributed by atoms with Gasteiger partial charge in [-0.05, 0) is 25.3 Å². The van der Waals surface area contributed by atoms with Crippen LogP contribution in [0.25, 0.3) is 0 Å². The first-order chi connectivity index (χ1) is 10.7. The summed E-state index contributed by atoms with van der Waals surface area (Å²) in [5.41, 5.74) is 2.53. The molecule has 1 amide bonds. The summed E-state index contributed by atoms with van der Waals surface area (Å²) in [7, 11) is 1.67. The molecule has 1 saturated heterocycles. The van der Waals surface area contributed by atoms with E-state index >= 15 is 0 Å². The lowest BCUT2D eigenvalue weighted by atomic mass is 9.99. The predicted octanol–water partition coefficient (Wildman–Crippen LogP) is 3.10. The Bertz CT molecular complexity index is 482. The second kappa shape index (κ2) is 10.6. The Morgan fingerprint density at radius 3 is 2.91 bits per heavy atom. The van der Waals surface area contributed by atoms with Gasteiger partial charge in [-0.1, -0.05) is 42.7 Å². The van der Waals surface area contributed by atoms with Gasteiger partial charge in [0.15, 0.2) is 0 Å². The van der Waals surface area contributed by atoms with E-state index in [1.807, 2.05) is 0 Å². The van der Waals surface area contributed by atoms with Crippen LogP contribution in [0.3, 0.4) is 0 Å². The summed E-state index contributed by atoms with van der Waals surface area (Å²) in [6.07, 6.45) is 4.57. The van der Waals surface area contributed by atoms with E-state index in [9.17, 15) is 4.79 Å². The molecule has 0 spiro atoms. The number of benzene rings is 1. The molecule has 4 nitrogen and oxygen atoms in total. The minimum absolute atomic E-state index is 0. The maximum atomic E-state index is 12.6. The third-order valence-corrected chi connectivity index (χ3v) is 4.26. The number of carbonyl (C=O) groups excluding carboxylic acids is 1. The van der Waals surface area contributed by atoms with Crippen LogP contribution in [0.4, 0.5) is 0 Å². The molecule has 0 bridgehead atoms. The average molecular weight is 341 g/mol. The molecule has 2 rings (SSSR count). The number of nitrogens with one attached hydrogen (secondary N) is 1. The summed E-state index contributed by atoms with van der Waals surface area (Å²) in [5, 5.41) is 3.17. The molecule has 1 N–H and O–H groups in total. The number of ether oxygens (including phenoxy) is 1. The van der Waals surface area contributed by atoms with E-state index in [1.54, 1.807) is 7.11 Å². The molecule has 1 aromatic carbocycles. The maximum absolute atomic E-state index is 12.6. The Hall–Kier alpha value is -1.10. The first kappa shape index (κ1) is 19.9. The Labute approximate surface area is 146 Å². The maximum Gasteiger partial charge on any atom is 0.237 e. The minimum Gasteiger partial charge on any atom is -0.383 e. The lowest BCUT2D eigenvalue weighted by Gasteiger charge is -2.31. The molecule has 1 unspecified atom stereocenters. The Kier molecular flexibility index (Phi) is 9.22. The van der Waals surface area contributed by atoms with Crippen molar-refractivity contribution < 1.29 is 9.53 Å². The van der Waals surface area contributed by atoms with Crippen molar-refractivity contribution in [2.45, 2.75) is 38.6 Å². The van der Waals surface area contributed by atoms with Crippen molar-refractivity contribution in [1.82, 2.24) is 10.2 Å². The zero-order valence-corrected chi connectivity index (χ0v) is 15.0. The zero-order valence-electron chi connectivity index (χ0n) is 14.2. The molecule has 1 aliphatic rings. The Morgan fingerprint density at radius 2 is 2.17 bits per heavy atom. The molecular formula is C18H29ClN2O2. The van der Waals surface area contributed by atoms with Gasteiger partial charge in [0.05, 0.1) is 19.2 Å². The van der Waals surface area contributed by atoms with Crippen molar-refractivity contribution in [3.63, 3.8) is 0 Å². The molecule has 1 aromatic rings. The summed E-state index contributed by atoms with van der Waals surface area (Å²) in [5.74, 6) is 0.199. The van der Waals surface area contributed by atoms with Crippen LogP contribution in [-0.2, 0) is 9.53 Å². The van der Waals surface area contributed by atoms with Gasteiger partial charge >= 0.3 is 0 Å². The van der Waals surface area contributed by atoms with Crippen molar-refractivity contribution >= 4 is 18.3 Å². The number of methoxy groups -OCH3 is 1. The van der Waals surface area contributed by atoms with Crippen LogP contribution < -0.4 is 5.32 Å². The van der Waals surface area contributed by atoms with Crippen LogP contribution in [0, 0.1) is 6.92 Å². The largest absolute Gasteiger partial charge is 0.383 e. The lowest BCUT2D eigenvalue weighted by molar-refractivity contribution is -0.132. The molecule has 1 heterocycles. The van der Waals surface area contributed by atoms with Crippen LogP contribution in [0.5, 0.6) is 0 Å². The number of nitrogens with zero attached hydrogens (tertiary/aromatic N) is 1. The molecule has 0 saturated carbocycles. The summed E-state index contributed by atoms with van der Waals surface area (Å²) in [6.45, 7) is 4.72. The monoisotopic (exact) mass is 340 g/mol. The molecule has 1 fully saturated rings. The lowest BCUT2D eigenvalue weighted by Crippen LogP contribution is -2.41. The molecule has 1 aliphatic heterocycles. The van der Waals surface area contributed by atoms with E-state index in [0.29, 0.717) is 19.7 Å². The molecule has 0 aromatic heterocycles. The molecule has 0 aliphatic carbocycles. The fraction of sp³-hybridized carbons (Fsp3) is 0.611. The fourth-order valence-corrected chi connectivity index (χ4v) is 3.10. The van der Waals surface area contributed by atoms with Crippen molar-refractivity contribution in [3.05, 3.63) is 35.4 Å². The summed E-state index contributed by atoms with van der Waals surface area (Å²) in [6, 6.07) is 8.79. The van der Waals surface area contributed by atoms with Crippen molar-refractivity contribution in [3.8, 4) is 0 Å². The van der Waals surface area contributed by atoms with Crippen LogP contribution in [0.1, 0.15) is 42.9 Å². The average Bonchev–Trinajstić information content (AvgIpc) is 2.77. The number of halogens is 1. The quantitative estimate of drug-likeness (QED) is 0.809. The number of rotatable bonds is 6. The number of likely N-dealkylation sites (tertiary alicyclic amines) is 1. The van der Waals surface area contributed by atoms with Crippen molar-refractivity contribution in [2.75, 3.05) is 33.4 Å². The van der Waals surface area contributed by atoms with Crippen molar-refractivity contribution in [1.29, 1.82) is 0 Å². The van der Waals surface area contributed by atoms with E-state index < -0.39 is 0 Å². The smallest absolute Gasteiger partial charge is 0.237 e. The highest BCUT2D eigenvalue weighted by atomic mass is 35.5. The van der Waals surface area contributed by atoms with Gasteiger partial charge < -0.3 is 15.0 Å². The third-order valence-electron chi connectivity index (χ3n) is 4.26. The van der Waals surface area contributed by atoms with E-state index in [4.69, 9.17) is 4.74 Å². The second-order valence-electron chi connectivity index (χ2n) is 6.04. The van der Waals surface area contributed by atoms with E-state index in [-0.39, 0.29) is 24.4 Å². The van der Waals surface area contributed by atoms with Gasteiger partial charge in [0, 0.05) is 20.2 Å². The van der Waals surface area contributed by atoms with Crippen LogP contribution >= 0.6 is 12.4 Å². The van der Waals surface area contributed by atoms with Gasteiger partial charge in [0.1, 0.15) is 0 Å². The predicted molar refractivity (Wildman–Crippen MR) is 96.1 cm³/mol. The second-order valence-corrected chi connectivity index (χ2v) is 6.04. The van der Waals surface area contributed by atoms with Gasteiger partial charge in [0.25, 0.3) is 0 Å². The summed E-state index contributed by atoms with van der Waals surface area (Å²) in [4.78, 5) is 14.7. The standard InChI is InChI=1S/C18H28N2O2.ClH/c1-15-7-6-8-16(13-15)17-9-4-3-5-11-20(17)18(21)14-19-10-12-22-2;/h6-8,13,17,19H,3-5,9-12,14H2,1-2H3;1H. The molecule has 0 radical (unpaired) electrons. The van der Waals surface area contributed by atoms with E-state index in [2.05, 4.69) is 41.4 Å². The van der Waals surface area contributed by atoms with Crippen LogP contribution in [0.2, 0.25) is 0 Å². The van der Waals surface area contributed by atoms with E-state index in [1.165, 1.54) is 24.0 Å². The highest BCUT2D eigenvalue weighted by molar-refractivity contribution is 5.85. The third kappa shape index (κ3) is 6.13. The van der Waals surface area contributed by atoms with Gasteiger partial charge in [-0.15, -0.1) is 12.4 Å². The van der Waals surface area contributed by atoms with Gasteiger partial charge in [-0.3, -0.25) is 4.79 Å². The van der Waals surface area contributed by atoms with Crippen molar-refractivity contribution in [2.24, 2.45) is 0 Å². The highest BCUT2D eigenvalue weighted by Gasteiger charge is 2.26. The molecule has 1 atom stereocenters. The summed E-state index contributed by atoms with van der Waals surface area (Å²) < 4.78 is 5.01. The van der Waals surface area contributed by atoms with E-state index in [0.717, 1.165) is 19.4 Å². The first-order valence-electron chi connectivity index (χ1n) is 8.28. The molecule has 23 heavy (non-hydrogen) atoms. The SMILES string of the molecule is COCCNCC(=O)N1CCCCCC1c1cccc(C)c1.Cl. The van der Waals surface area contributed by atoms with Gasteiger partial charge in [-0.25, -0.2) is 0 Å². The summed E-state index contributed by atoms with van der Waals surface area (Å²) >= 11 is 0. The Morgan fingerprint density at radius 1 is 1.35 bits per heavy atom. The molecular weight excluding hydrogens is 312 g/mol.